The molecule has 2 rings (SSSR count). The van der Waals surface area contributed by atoms with Crippen LogP contribution in [0, 0.1) is 6.92 Å². The highest BCUT2D eigenvalue weighted by Crippen LogP contribution is 2.19. The summed E-state index contributed by atoms with van der Waals surface area (Å²) < 4.78 is 25.5. The van der Waals surface area contributed by atoms with Gasteiger partial charge in [-0.25, -0.2) is 18.1 Å². The summed E-state index contributed by atoms with van der Waals surface area (Å²) in [4.78, 5) is 4.30. The fourth-order valence-corrected chi connectivity index (χ4v) is 2.58. The van der Waals surface area contributed by atoms with Crippen molar-refractivity contribution in [1.29, 1.82) is 0 Å². The van der Waals surface area contributed by atoms with E-state index in [1.807, 2.05) is 13.8 Å². The van der Waals surface area contributed by atoms with Gasteiger partial charge in [-0.15, -0.1) is 0 Å². The van der Waals surface area contributed by atoms with Gasteiger partial charge in [0, 0.05) is 12.2 Å². The first-order valence-electron chi connectivity index (χ1n) is 6.65. The van der Waals surface area contributed by atoms with Crippen LogP contribution in [0.2, 0.25) is 0 Å². The average molecular weight is 305 g/mol. The molecule has 21 heavy (non-hydrogen) atoms. The molecule has 0 aliphatic heterocycles. The number of pyridine rings is 1. The number of hydrogen-bond acceptors (Lipinski definition) is 4. The number of benzene rings is 1. The van der Waals surface area contributed by atoms with E-state index in [1.54, 1.807) is 6.07 Å². The van der Waals surface area contributed by atoms with Gasteiger partial charge in [-0.3, -0.25) is 0 Å². The largest absolute Gasteiger partial charge is 0.364 e. The molecule has 6 heteroatoms. The lowest BCUT2D eigenvalue weighted by Gasteiger charge is -2.15. The zero-order chi connectivity index (χ0) is 15.5. The fraction of sp³-hybridized carbons (Fsp3) is 0.267. The van der Waals surface area contributed by atoms with Crippen LogP contribution in [0.15, 0.2) is 47.5 Å². The van der Waals surface area contributed by atoms with Crippen molar-refractivity contribution in [3.63, 3.8) is 0 Å². The van der Waals surface area contributed by atoms with Crippen molar-refractivity contribution >= 4 is 15.8 Å². The van der Waals surface area contributed by atoms with Gasteiger partial charge >= 0.3 is 0 Å². The maximum atomic E-state index is 11.6. The average Bonchev–Trinajstić information content (AvgIpc) is 2.48. The van der Waals surface area contributed by atoms with E-state index in [0.29, 0.717) is 5.82 Å². The molecule has 1 heterocycles. The molecule has 0 aliphatic rings. The van der Waals surface area contributed by atoms with Crippen LogP contribution in [0.5, 0.6) is 0 Å². The standard InChI is InChI=1S/C15H19N3O2S/c1-11-4-6-13(7-5-11)12(2)18-15-9-8-14(10-17-15)21(19,20)16-3/h4-10,12,16H,1-3H3,(H,17,18). The molecule has 0 saturated carbocycles. The monoisotopic (exact) mass is 305 g/mol. The highest BCUT2D eigenvalue weighted by atomic mass is 32.2. The quantitative estimate of drug-likeness (QED) is 0.890. The zero-order valence-corrected chi connectivity index (χ0v) is 13.1. The first kappa shape index (κ1) is 15.5. The molecule has 1 atom stereocenters. The van der Waals surface area contributed by atoms with E-state index in [-0.39, 0.29) is 10.9 Å². The molecule has 1 unspecified atom stereocenters. The zero-order valence-electron chi connectivity index (χ0n) is 12.3. The summed E-state index contributed by atoms with van der Waals surface area (Å²) in [5, 5.41) is 3.25. The Morgan fingerprint density at radius 3 is 2.29 bits per heavy atom. The Kier molecular flexibility index (Phi) is 4.59. The van der Waals surface area contributed by atoms with Gasteiger partial charge in [0.2, 0.25) is 10.0 Å². The van der Waals surface area contributed by atoms with Crippen molar-refractivity contribution in [2.24, 2.45) is 0 Å². The van der Waals surface area contributed by atoms with E-state index < -0.39 is 10.0 Å². The molecular formula is C15H19N3O2S. The number of hydrogen-bond donors (Lipinski definition) is 2. The van der Waals surface area contributed by atoms with E-state index in [4.69, 9.17) is 0 Å². The fourth-order valence-electron chi connectivity index (χ4n) is 1.90. The van der Waals surface area contributed by atoms with Crippen LogP contribution in [0.4, 0.5) is 5.82 Å². The number of aromatic nitrogens is 1. The molecule has 5 nitrogen and oxygen atoms in total. The minimum Gasteiger partial charge on any atom is -0.364 e. The number of nitrogens with one attached hydrogen (secondary N) is 2. The van der Waals surface area contributed by atoms with E-state index in [1.165, 1.54) is 24.9 Å². The van der Waals surface area contributed by atoms with Gasteiger partial charge < -0.3 is 5.32 Å². The van der Waals surface area contributed by atoms with Gasteiger partial charge in [0.25, 0.3) is 0 Å². The lowest BCUT2D eigenvalue weighted by molar-refractivity contribution is 0.588. The minimum atomic E-state index is -3.44. The molecule has 0 saturated heterocycles. The molecule has 2 N–H and O–H groups in total. The smallest absolute Gasteiger partial charge is 0.241 e. The summed E-state index contributed by atoms with van der Waals surface area (Å²) >= 11 is 0. The molecule has 0 spiro atoms. The van der Waals surface area contributed by atoms with Crippen LogP contribution in [0.3, 0.4) is 0 Å². The van der Waals surface area contributed by atoms with Crippen molar-refractivity contribution in [3.05, 3.63) is 53.7 Å². The summed E-state index contributed by atoms with van der Waals surface area (Å²) in [6.07, 6.45) is 1.34. The van der Waals surface area contributed by atoms with Gasteiger partial charge in [-0.05, 0) is 38.6 Å². The van der Waals surface area contributed by atoms with E-state index in [0.717, 1.165) is 5.56 Å². The predicted molar refractivity (Wildman–Crippen MR) is 83.7 cm³/mol. The maximum Gasteiger partial charge on any atom is 0.241 e. The summed E-state index contributed by atoms with van der Waals surface area (Å²) in [5.41, 5.74) is 2.36. The van der Waals surface area contributed by atoms with Crippen molar-refractivity contribution in [1.82, 2.24) is 9.71 Å². The molecule has 1 aromatic heterocycles. The summed E-state index contributed by atoms with van der Waals surface area (Å²) in [6.45, 7) is 4.08. The molecular weight excluding hydrogens is 286 g/mol. The van der Waals surface area contributed by atoms with E-state index >= 15 is 0 Å². The van der Waals surface area contributed by atoms with E-state index in [9.17, 15) is 8.42 Å². The first-order valence-corrected chi connectivity index (χ1v) is 8.13. The van der Waals surface area contributed by atoms with Crippen molar-refractivity contribution in [2.45, 2.75) is 24.8 Å². The summed E-state index contributed by atoms with van der Waals surface area (Å²) in [6, 6.07) is 11.5. The Morgan fingerprint density at radius 2 is 1.76 bits per heavy atom. The summed E-state index contributed by atoms with van der Waals surface area (Å²) in [5.74, 6) is 0.637. The van der Waals surface area contributed by atoms with Crippen LogP contribution in [0.25, 0.3) is 0 Å². The van der Waals surface area contributed by atoms with Gasteiger partial charge in [-0.1, -0.05) is 29.8 Å². The second-order valence-corrected chi connectivity index (χ2v) is 6.75. The van der Waals surface area contributed by atoms with Crippen LogP contribution in [0.1, 0.15) is 24.1 Å². The van der Waals surface area contributed by atoms with Gasteiger partial charge in [0.1, 0.15) is 10.7 Å². The number of aryl methyl sites for hydroxylation is 1. The van der Waals surface area contributed by atoms with Crippen molar-refractivity contribution < 1.29 is 8.42 Å². The maximum absolute atomic E-state index is 11.6. The van der Waals surface area contributed by atoms with Crippen LogP contribution in [-0.2, 0) is 10.0 Å². The van der Waals surface area contributed by atoms with Crippen molar-refractivity contribution in [3.8, 4) is 0 Å². The second kappa shape index (κ2) is 6.24. The Bertz CT molecular complexity index is 695. The first-order chi connectivity index (χ1) is 9.92. The highest BCUT2D eigenvalue weighted by molar-refractivity contribution is 7.89. The molecule has 0 fully saturated rings. The Balaban J connectivity index is 2.11. The van der Waals surface area contributed by atoms with Crippen LogP contribution < -0.4 is 10.0 Å². The Labute approximate surface area is 125 Å². The van der Waals surface area contributed by atoms with Crippen LogP contribution in [-0.4, -0.2) is 20.4 Å². The lowest BCUT2D eigenvalue weighted by atomic mass is 10.1. The molecule has 2 aromatic rings. The highest BCUT2D eigenvalue weighted by Gasteiger charge is 2.12. The SMILES string of the molecule is CNS(=O)(=O)c1ccc(NC(C)c2ccc(C)cc2)nc1. The Morgan fingerprint density at radius 1 is 1.10 bits per heavy atom. The number of nitrogens with zero attached hydrogens (tertiary/aromatic N) is 1. The molecule has 1 aromatic carbocycles. The molecule has 0 aliphatic carbocycles. The Hall–Kier alpha value is -1.92. The third-order valence-corrected chi connectivity index (χ3v) is 4.66. The predicted octanol–water partition coefficient (Wildman–Crippen LogP) is 2.47. The third-order valence-electron chi connectivity index (χ3n) is 3.26. The lowest BCUT2D eigenvalue weighted by Crippen LogP contribution is -2.18. The second-order valence-electron chi connectivity index (χ2n) is 4.86. The van der Waals surface area contributed by atoms with Crippen molar-refractivity contribution in [2.75, 3.05) is 12.4 Å². The number of rotatable bonds is 5. The summed E-state index contributed by atoms with van der Waals surface area (Å²) in [7, 11) is -2.06. The number of sulfonamides is 1. The van der Waals surface area contributed by atoms with Gasteiger partial charge in [0.15, 0.2) is 0 Å². The topological polar surface area (TPSA) is 71.1 Å². The molecule has 0 radical (unpaired) electrons. The molecule has 0 bridgehead atoms. The number of anilines is 1. The third kappa shape index (κ3) is 3.80. The molecule has 112 valence electrons. The van der Waals surface area contributed by atoms with E-state index in [2.05, 4.69) is 39.3 Å². The normalized spacial score (nSPS) is 12.9. The van der Waals surface area contributed by atoms with Gasteiger partial charge in [-0.2, -0.15) is 0 Å². The van der Waals surface area contributed by atoms with Crippen LogP contribution >= 0.6 is 0 Å². The minimum absolute atomic E-state index is 0.0878. The molecule has 0 amide bonds. The van der Waals surface area contributed by atoms with Gasteiger partial charge in [0.05, 0.1) is 0 Å².